The molecule has 4 rings (SSSR count). The first-order valence-corrected chi connectivity index (χ1v) is 11.4. The molecule has 0 aromatic heterocycles. The van der Waals surface area contributed by atoms with Crippen molar-refractivity contribution in [1.82, 2.24) is 4.90 Å². The van der Waals surface area contributed by atoms with E-state index in [-0.39, 0.29) is 34.4 Å². The highest BCUT2D eigenvalue weighted by Gasteiger charge is 2.62. The van der Waals surface area contributed by atoms with Crippen molar-refractivity contribution in [1.29, 1.82) is 0 Å². The molecule has 0 radical (unpaired) electrons. The summed E-state index contributed by atoms with van der Waals surface area (Å²) >= 11 is 11.8. The molecule has 2 aliphatic heterocycles. The second-order valence-electron chi connectivity index (χ2n) is 9.67. The van der Waals surface area contributed by atoms with Crippen LogP contribution in [-0.2, 0) is 20.8 Å². The highest BCUT2D eigenvalue weighted by atomic mass is 35.5. The van der Waals surface area contributed by atoms with E-state index in [1.165, 1.54) is 35.2 Å². The number of alkyl halides is 4. The Kier molecular flexibility index (Phi) is 6.25. The average Bonchev–Trinajstić information content (AvgIpc) is 3.16. The van der Waals surface area contributed by atoms with Crippen LogP contribution in [0.15, 0.2) is 47.6 Å². The molecule has 0 bridgehead atoms. The number of carbonyl (C=O) groups is 1. The number of oxime groups is 1. The fourth-order valence-electron chi connectivity index (χ4n) is 4.00. The molecule has 1 atom stereocenters. The van der Waals surface area contributed by atoms with Gasteiger partial charge in [-0.25, -0.2) is 9.18 Å². The number of likely N-dealkylation sites (tertiary alicyclic amines) is 1. The SMILES string of the molecule is CC(C)(C)OC(=O)N1CC(F)(c2ccc(C3=NO[C@@](c4cc(Cl)cc(Cl)c4)(C(F)(F)F)C3)cc2)C1. The minimum Gasteiger partial charge on any atom is -0.444 e. The van der Waals surface area contributed by atoms with Crippen molar-refractivity contribution in [3.8, 4) is 0 Å². The summed E-state index contributed by atoms with van der Waals surface area (Å²) < 4.78 is 63.0. The van der Waals surface area contributed by atoms with Crippen molar-refractivity contribution in [3.63, 3.8) is 0 Å². The molecule has 188 valence electrons. The van der Waals surface area contributed by atoms with Crippen LogP contribution in [0.25, 0.3) is 0 Å². The zero-order valence-corrected chi connectivity index (χ0v) is 20.6. The summed E-state index contributed by atoms with van der Waals surface area (Å²) in [5.74, 6) is 0. The number of rotatable bonds is 3. The third kappa shape index (κ3) is 4.93. The fraction of sp³-hybridized carbons (Fsp3) is 0.417. The van der Waals surface area contributed by atoms with E-state index in [1.807, 2.05) is 0 Å². The largest absolute Gasteiger partial charge is 0.444 e. The van der Waals surface area contributed by atoms with Crippen LogP contribution in [-0.4, -0.2) is 41.6 Å². The van der Waals surface area contributed by atoms with Crippen LogP contribution in [0.1, 0.15) is 43.9 Å². The first-order chi connectivity index (χ1) is 16.1. The first-order valence-electron chi connectivity index (χ1n) is 10.7. The van der Waals surface area contributed by atoms with E-state index in [1.54, 1.807) is 20.8 Å². The van der Waals surface area contributed by atoms with Gasteiger partial charge in [0.25, 0.3) is 5.60 Å². The normalized spacial score (nSPS) is 21.7. The molecule has 1 fully saturated rings. The van der Waals surface area contributed by atoms with Crippen molar-refractivity contribution >= 4 is 35.0 Å². The molecular formula is C24H22Cl2F4N2O3. The standard InChI is InChI=1S/C24H22Cl2F4N2O3/c1-21(2,3)34-20(33)32-12-22(27,13-32)15-6-4-14(5-7-15)19-11-23(35-31-19,24(28,29)30)16-8-17(25)10-18(26)9-16/h4-10H,11-13H2,1-3H3/t23-/m0/s1. The van der Waals surface area contributed by atoms with Crippen LogP contribution in [0.4, 0.5) is 22.4 Å². The zero-order chi connectivity index (χ0) is 25.8. The Morgan fingerprint density at radius 1 is 1.03 bits per heavy atom. The predicted octanol–water partition coefficient (Wildman–Crippen LogP) is 6.99. The van der Waals surface area contributed by atoms with E-state index in [2.05, 4.69) is 5.16 Å². The summed E-state index contributed by atoms with van der Waals surface area (Å²) in [6.07, 6.45) is -6.03. The summed E-state index contributed by atoms with van der Waals surface area (Å²) in [5, 5.41) is 3.77. The van der Waals surface area contributed by atoms with Gasteiger partial charge >= 0.3 is 12.3 Å². The van der Waals surface area contributed by atoms with Gasteiger partial charge in [-0.3, -0.25) is 0 Å². The Balaban J connectivity index is 1.50. The van der Waals surface area contributed by atoms with E-state index < -0.39 is 35.6 Å². The van der Waals surface area contributed by atoms with Gasteiger partial charge in [0.15, 0.2) is 5.67 Å². The van der Waals surface area contributed by atoms with Gasteiger partial charge in [0.05, 0.1) is 18.8 Å². The molecule has 2 aromatic carbocycles. The molecule has 2 aromatic rings. The van der Waals surface area contributed by atoms with Crippen LogP contribution in [0.2, 0.25) is 10.0 Å². The number of carbonyl (C=O) groups excluding carboxylic acids is 1. The van der Waals surface area contributed by atoms with Gasteiger partial charge in [-0.2, -0.15) is 13.2 Å². The smallest absolute Gasteiger partial charge is 0.435 e. The third-order valence-electron chi connectivity index (χ3n) is 5.78. The number of ether oxygens (including phenoxy) is 1. The van der Waals surface area contributed by atoms with Crippen LogP contribution < -0.4 is 0 Å². The topological polar surface area (TPSA) is 51.1 Å². The highest BCUT2D eigenvalue weighted by Crippen LogP contribution is 2.50. The Morgan fingerprint density at radius 2 is 1.60 bits per heavy atom. The Labute approximate surface area is 209 Å². The van der Waals surface area contributed by atoms with Crippen LogP contribution >= 0.6 is 23.2 Å². The monoisotopic (exact) mass is 532 g/mol. The zero-order valence-electron chi connectivity index (χ0n) is 19.0. The molecule has 0 unspecified atom stereocenters. The number of benzene rings is 2. The summed E-state index contributed by atoms with van der Waals surface area (Å²) in [6, 6.07) is 9.50. The molecule has 0 saturated carbocycles. The molecule has 2 heterocycles. The maximum Gasteiger partial charge on any atom is 0.435 e. The number of hydrogen-bond acceptors (Lipinski definition) is 4. The minimum atomic E-state index is -4.81. The molecule has 2 aliphatic rings. The fourth-order valence-corrected chi connectivity index (χ4v) is 4.53. The molecule has 11 heteroatoms. The molecule has 1 saturated heterocycles. The van der Waals surface area contributed by atoms with E-state index in [4.69, 9.17) is 32.8 Å². The lowest BCUT2D eigenvalue weighted by molar-refractivity contribution is -0.275. The van der Waals surface area contributed by atoms with E-state index in [0.717, 1.165) is 12.1 Å². The molecule has 1 amide bonds. The van der Waals surface area contributed by atoms with Gasteiger partial charge in [-0.15, -0.1) is 0 Å². The van der Waals surface area contributed by atoms with Crippen LogP contribution in [0, 0.1) is 0 Å². The quantitative estimate of drug-likeness (QED) is 0.400. The lowest BCUT2D eigenvalue weighted by Gasteiger charge is -2.44. The minimum absolute atomic E-state index is 0.0340. The summed E-state index contributed by atoms with van der Waals surface area (Å²) in [7, 11) is 0. The lowest BCUT2D eigenvalue weighted by Crippen LogP contribution is -2.59. The van der Waals surface area contributed by atoms with E-state index >= 15 is 4.39 Å². The van der Waals surface area contributed by atoms with Gasteiger partial charge in [-0.1, -0.05) is 52.6 Å². The van der Waals surface area contributed by atoms with Crippen LogP contribution in [0.5, 0.6) is 0 Å². The highest BCUT2D eigenvalue weighted by molar-refractivity contribution is 6.34. The Morgan fingerprint density at radius 3 is 2.11 bits per heavy atom. The second kappa shape index (κ2) is 8.55. The number of nitrogens with zero attached hydrogens (tertiary/aromatic N) is 2. The number of amides is 1. The average molecular weight is 533 g/mol. The maximum atomic E-state index is 15.3. The Bertz CT molecular complexity index is 1150. The predicted molar refractivity (Wildman–Crippen MR) is 123 cm³/mol. The number of hydrogen-bond donors (Lipinski definition) is 0. The van der Waals surface area contributed by atoms with E-state index in [0.29, 0.717) is 11.1 Å². The van der Waals surface area contributed by atoms with Crippen molar-refractivity contribution in [3.05, 3.63) is 69.2 Å². The van der Waals surface area contributed by atoms with E-state index in [9.17, 15) is 18.0 Å². The summed E-state index contributed by atoms with van der Waals surface area (Å²) in [5.41, 5.74) is -4.81. The number of halogens is 6. The van der Waals surface area contributed by atoms with Gasteiger partial charge in [0.2, 0.25) is 0 Å². The van der Waals surface area contributed by atoms with Crippen molar-refractivity contribution < 1.29 is 31.9 Å². The van der Waals surface area contributed by atoms with Crippen molar-refractivity contribution in [2.24, 2.45) is 5.16 Å². The van der Waals surface area contributed by atoms with Gasteiger partial charge in [0, 0.05) is 22.0 Å². The van der Waals surface area contributed by atoms with Crippen molar-refractivity contribution in [2.75, 3.05) is 13.1 Å². The van der Waals surface area contributed by atoms with Crippen LogP contribution in [0.3, 0.4) is 0 Å². The molecule has 5 nitrogen and oxygen atoms in total. The molecule has 0 aliphatic carbocycles. The second-order valence-corrected chi connectivity index (χ2v) is 10.5. The van der Waals surface area contributed by atoms with Crippen molar-refractivity contribution in [2.45, 2.75) is 50.2 Å². The molecule has 35 heavy (non-hydrogen) atoms. The molecule has 0 N–H and O–H groups in total. The Hall–Kier alpha value is -2.52. The maximum absolute atomic E-state index is 15.3. The summed E-state index contributed by atoms with van der Waals surface area (Å²) in [6.45, 7) is 4.79. The van der Waals surface area contributed by atoms with Gasteiger partial charge in [-0.05, 0) is 50.1 Å². The first kappa shape index (κ1) is 25.6. The summed E-state index contributed by atoms with van der Waals surface area (Å²) in [4.78, 5) is 18.3. The molecule has 0 spiro atoms. The van der Waals surface area contributed by atoms with Gasteiger partial charge in [0.1, 0.15) is 5.60 Å². The van der Waals surface area contributed by atoms with Gasteiger partial charge < -0.3 is 14.5 Å². The molecular weight excluding hydrogens is 511 g/mol. The third-order valence-corrected chi connectivity index (χ3v) is 6.22. The lowest BCUT2D eigenvalue weighted by atomic mass is 9.85.